The molecular formula is C72H90N10O10S5. The molecule has 3 aliphatic rings. The first kappa shape index (κ1) is 75.6. The first-order valence-electron chi connectivity index (χ1n) is 32.8. The summed E-state index contributed by atoms with van der Waals surface area (Å²) < 4.78 is 5.25. The number of nitrogens with zero attached hydrogens (tertiary/aromatic N) is 7. The smallest absolute Gasteiger partial charge is 0.246 e. The zero-order valence-corrected chi connectivity index (χ0v) is 60.9. The Hall–Kier alpha value is -7.20. The Balaban J connectivity index is 0.000000186. The normalized spacial score (nSPS) is 19.0. The number of benzene rings is 3. The predicted octanol–water partition coefficient (Wildman–Crippen LogP) is 9.54. The minimum absolute atomic E-state index is 0.0663. The van der Waals surface area contributed by atoms with Crippen LogP contribution in [0.2, 0.25) is 0 Å². The van der Waals surface area contributed by atoms with Gasteiger partial charge in [0.2, 0.25) is 17.7 Å². The fraction of sp³-hybridized carbons (Fsp3) is 0.472. The number of carbonyl (C=O) groups is 6. The van der Waals surface area contributed by atoms with Gasteiger partial charge in [0.15, 0.2) is 17.3 Å². The Morgan fingerprint density at radius 2 is 0.990 bits per heavy atom. The lowest BCUT2D eigenvalue weighted by atomic mass is 9.85. The van der Waals surface area contributed by atoms with Crippen LogP contribution in [-0.2, 0) is 54.5 Å². The summed E-state index contributed by atoms with van der Waals surface area (Å²) in [6, 6.07) is 23.7. The van der Waals surface area contributed by atoms with Crippen LogP contribution in [0.1, 0.15) is 125 Å². The monoisotopic (exact) mass is 1410 g/mol. The van der Waals surface area contributed by atoms with Crippen LogP contribution in [0, 0.1) is 39.0 Å². The fourth-order valence-corrected chi connectivity index (χ4v) is 15.6. The van der Waals surface area contributed by atoms with Crippen molar-refractivity contribution >= 4 is 103 Å². The molecule has 3 amide bonds. The highest BCUT2D eigenvalue weighted by atomic mass is 32.1. The van der Waals surface area contributed by atoms with E-state index in [1.165, 1.54) is 16.7 Å². The van der Waals surface area contributed by atoms with Gasteiger partial charge >= 0.3 is 0 Å². The second-order valence-electron chi connectivity index (χ2n) is 26.6. The van der Waals surface area contributed by atoms with Gasteiger partial charge in [-0.3, -0.25) is 28.8 Å². The zero-order valence-electron chi connectivity index (χ0n) is 56.8. The van der Waals surface area contributed by atoms with Gasteiger partial charge in [-0.2, -0.15) is 0 Å². The number of amides is 3. The first-order chi connectivity index (χ1) is 46.1. The molecule has 0 unspecified atom stereocenters. The Kier molecular flexibility index (Phi) is 26.9. The molecule has 0 bridgehead atoms. The van der Waals surface area contributed by atoms with Crippen LogP contribution in [0.5, 0.6) is 0 Å². The van der Waals surface area contributed by atoms with E-state index in [2.05, 4.69) is 79.3 Å². The van der Waals surface area contributed by atoms with E-state index in [1.54, 1.807) is 34.0 Å². The molecule has 4 aromatic heterocycles. The standard InChI is InChI=1S/C25H34N4O4S.C24H31N3O3S2.C23H25N3O3S2/c1-15-22(34-14-27-15)17-8-5-16(6-9-17)7-10-20(31)19-11-18(30)13-29(19)24(33)23(25(2,3)4)28-21(32)12-26;1-14(2)22(26-16(4)28)24(31)27-12-19(29)11-20(27)21(30)10-7-17-5-8-18(9-6-17)23-15(3)25-13-32-23;1-14-9-19(29-25-14)11-22(30)26-12-18(27)10-20(26)21(28)8-5-16-3-6-17(7-4-16)23-15(2)24-13-31-23/h5-6,8-9,14,18-19,23,30H,7,10-13,26H2,1-4H3,(H,28,32);5-6,8-9,13-14,19-20,22,29H,7,10-12H2,1-4H3,(H,26,28);3-4,6-7,9,13,18,20,27H,5,8,10-12H2,1-2H3/t18-,19+,23-;19-,20+,22+;18-,20+/m111/s1. The molecule has 25 heteroatoms. The van der Waals surface area contributed by atoms with Crippen LogP contribution in [0.3, 0.4) is 0 Å². The molecule has 97 heavy (non-hydrogen) atoms. The van der Waals surface area contributed by atoms with E-state index in [9.17, 15) is 44.1 Å². The number of Topliss-reactive ketones (excluding diaryl/α,β-unsaturated/α-hetero) is 3. The van der Waals surface area contributed by atoms with Crippen LogP contribution in [0.25, 0.3) is 31.3 Å². The molecule has 518 valence electrons. The van der Waals surface area contributed by atoms with E-state index >= 15 is 0 Å². The summed E-state index contributed by atoms with van der Waals surface area (Å²) in [6.07, 6.45) is 2.36. The number of rotatable bonds is 23. The molecule has 3 aliphatic heterocycles. The highest BCUT2D eigenvalue weighted by molar-refractivity contribution is 7.80. The number of β-amino-alcohol motifs (C(OH)–C–C–N with tert-alkyl or cyclic N) is 3. The van der Waals surface area contributed by atoms with Gasteiger partial charge < -0.3 is 50.9 Å². The average Bonchev–Trinajstić information content (AvgIpc) is 1.74. The van der Waals surface area contributed by atoms with E-state index < -0.39 is 47.8 Å². The highest BCUT2D eigenvalue weighted by Gasteiger charge is 2.45. The number of thiazole rings is 3. The van der Waals surface area contributed by atoms with E-state index in [1.807, 2.05) is 119 Å². The van der Waals surface area contributed by atoms with Crippen LogP contribution < -0.4 is 16.4 Å². The molecule has 10 rings (SSSR count). The summed E-state index contributed by atoms with van der Waals surface area (Å²) in [6.45, 7) is 19.3. The summed E-state index contributed by atoms with van der Waals surface area (Å²) in [5.41, 5.74) is 20.8. The third-order valence-electron chi connectivity index (χ3n) is 17.6. The topological polar surface area (TPSA) is 288 Å². The predicted molar refractivity (Wildman–Crippen MR) is 388 cm³/mol. The molecule has 7 N–H and O–H groups in total. The quantitative estimate of drug-likeness (QED) is 0.0325. The molecule has 0 aliphatic carbocycles. The maximum atomic E-state index is 13.4. The number of aliphatic hydroxyl groups excluding tert-OH is 3. The number of ketones is 3. The maximum absolute atomic E-state index is 13.4. The van der Waals surface area contributed by atoms with E-state index in [0.29, 0.717) is 80.2 Å². The lowest BCUT2D eigenvalue weighted by Crippen LogP contribution is -2.57. The van der Waals surface area contributed by atoms with Crippen molar-refractivity contribution in [3.8, 4) is 31.3 Å². The molecule has 3 aromatic carbocycles. The fourth-order valence-electron chi connectivity index (χ4n) is 12.3. The number of nitrogens with one attached hydrogen (secondary N) is 2. The summed E-state index contributed by atoms with van der Waals surface area (Å²) >= 11 is 16.1. The number of hydrogen-bond donors (Lipinski definition) is 6. The van der Waals surface area contributed by atoms with E-state index in [0.717, 1.165) is 65.9 Å². The molecule has 0 saturated carbocycles. The molecule has 3 fully saturated rings. The number of likely N-dealkylation sites (tertiary alicyclic amines) is 3. The SMILES string of the molecule is CC(=O)N[C@H](C(=S)N1C[C@H](O)C[C@H]1C(=O)CCc1ccc(-c2scnc2C)cc1)C(C)C.Cc1cc(CC(=S)N2C[C@H](O)C[C@H]2C(=O)CCc2ccc(-c3scnc3C)cc2)on1.Cc1ncsc1-c1ccc(CCC(=O)[C@@H]2C[C@@H](O)CN2C(=O)[C@@H](NC(=O)CN)C(C)(C)C)cc1. The van der Waals surface area contributed by atoms with Crippen molar-refractivity contribution in [3.05, 3.63) is 141 Å². The number of aromatic nitrogens is 4. The number of thiocarbonyl (C=S) groups is 2. The minimum atomic E-state index is -0.841. The van der Waals surface area contributed by atoms with Gasteiger partial charge in [-0.15, -0.1) is 34.0 Å². The first-order valence-corrected chi connectivity index (χ1v) is 36.2. The zero-order chi connectivity index (χ0) is 70.4. The Labute approximate surface area is 590 Å². The number of aryl methyl sites for hydroxylation is 7. The third-order valence-corrected chi connectivity index (χ3v) is 21.4. The Morgan fingerprint density at radius 3 is 1.33 bits per heavy atom. The number of carbonyl (C=O) groups excluding carboxylic acids is 6. The lowest BCUT2D eigenvalue weighted by Gasteiger charge is -2.35. The third kappa shape index (κ3) is 20.5. The van der Waals surface area contributed by atoms with Crippen LogP contribution >= 0.6 is 58.4 Å². The highest BCUT2D eigenvalue weighted by Crippen LogP contribution is 2.33. The lowest BCUT2D eigenvalue weighted by molar-refractivity contribution is -0.143. The Bertz CT molecular complexity index is 3860. The van der Waals surface area contributed by atoms with Gasteiger partial charge in [0.1, 0.15) is 16.8 Å². The van der Waals surface area contributed by atoms with Crippen molar-refractivity contribution in [2.24, 2.45) is 17.1 Å². The van der Waals surface area contributed by atoms with Crippen molar-refractivity contribution in [1.82, 2.24) is 45.4 Å². The largest absolute Gasteiger partial charge is 0.391 e. The van der Waals surface area contributed by atoms with Crippen molar-refractivity contribution in [2.45, 2.75) is 182 Å². The van der Waals surface area contributed by atoms with E-state index in [-0.39, 0.29) is 73.1 Å². The molecule has 8 atom stereocenters. The van der Waals surface area contributed by atoms with Crippen molar-refractivity contribution in [3.63, 3.8) is 0 Å². The summed E-state index contributed by atoms with van der Waals surface area (Å²) in [5.74, 6) is -0.129. The van der Waals surface area contributed by atoms with Crippen molar-refractivity contribution in [2.75, 3.05) is 26.2 Å². The maximum Gasteiger partial charge on any atom is 0.246 e. The molecular weight excluding hydrogens is 1330 g/mol. The molecule has 0 radical (unpaired) electrons. The van der Waals surface area contributed by atoms with Gasteiger partial charge in [-0.25, -0.2) is 15.0 Å². The van der Waals surface area contributed by atoms with Gasteiger partial charge in [0.05, 0.1) is 114 Å². The average molecular weight is 1420 g/mol. The molecule has 7 heterocycles. The summed E-state index contributed by atoms with van der Waals surface area (Å²) in [5, 5.41) is 40.1. The van der Waals surface area contributed by atoms with Gasteiger partial charge in [-0.1, -0.05) is 137 Å². The minimum Gasteiger partial charge on any atom is -0.391 e. The van der Waals surface area contributed by atoms with Crippen LogP contribution in [0.4, 0.5) is 0 Å². The molecule has 7 aromatic rings. The molecule has 0 spiro atoms. The molecule has 3 saturated heterocycles. The Morgan fingerprint density at radius 1 is 0.608 bits per heavy atom. The summed E-state index contributed by atoms with van der Waals surface area (Å²) in [4.78, 5) is 98.7. The van der Waals surface area contributed by atoms with Crippen molar-refractivity contribution < 1.29 is 48.6 Å². The van der Waals surface area contributed by atoms with Gasteiger partial charge in [0, 0.05) is 71.1 Å². The number of nitrogens with two attached hydrogens (primary N) is 1. The van der Waals surface area contributed by atoms with Crippen molar-refractivity contribution in [1.29, 1.82) is 0 Å². The van der Waals surface area contributed by atoms with Crippen LogP contribution in [0.15, 0.2) is 99.9 Å². The second-order valence-corrected chi connectivity index (χ2v) is 30.1. The number of hydrogen-bond acceptors (Lipinski definition) is 20. The molecule has 20 nitrogen and oxygen atoms in total. The van der Waals surface area contributed by atoms with Gasteiger partial charge in [0.25, 0.3) is 0 Å². The van der Waals surface area contributed by atoms with Gasteiger partial charge in [-0.05, 0) is 91.7 Å². The number of aliphatic hydroxyl groups is 3. The van der Waals surface area contributed by atoms with E-state index in [4.69, 9.17) is 34.7 Å². The second kappa shape index (κ2) is 34.5. The van der Waals surface area contributed by atoms with Crippen LogP contribution in [-0.4, -0.2) is 170 Å². The summed E-state index contributed by atoms with van der Waals surface area (Å²) in [7, 11) is 0.